The molecule has 1 aromatic carbocycles. The molecule has 0 unspecified atom stereocenters. The predicted octanol–water partition coefficient (Wildman–Crippen LogP) is 4.03. The molecule has 1 aliphatic rings. The maximum Gasteiger partial charge on any atom is 0.491 e. The van der Waals surface area contributed by atoms with Gasteiger partial charge in [-0.05, 0) is 30.5 Å². The van der Waals surface area contributed by atoms with Crippen LogP contribution >= 0.6 is 0 Å². The molecule has 30 heavy (non-hydrogen) atoms. The van der Waals surface area contributed by atoms with Crippen LogP contribution in [0, 0.1) is 0 Å². The minimum absolute atomic E-state index is 0.149. The maximum absolute atomic E-state index is 13.5. The lowest BCUT2D eigenvalue weighted by Gasteiger charge is -2.14. The molecular formula is C17H13F6NO5S. The number of carbonyl (C=O) groups is 1. The zero-order valence-corrected chi connectivity index (χ0v) is 15.9. The monoisotopic (exact) mass is 457 g/mol. The van der Waals surface area contributed by atoms with Crippen molar-refractivity contribution in [2.45, 2.75) is 42.4 Å². The molecule has 0 aliphatic heterocycles. The fraction of sp³-hybridized carbons (Fsp3) is 0.412. The Hall–Kier alpha value is -2.57. The average Bonchev–Trinajstić information content (AvgIpc) is 3.36. The lowest BCUT2D eigenvalue weighted by Crippen LogP contribution is -2.28. The molecule has 0 N–H and O–H groups in total. The van der Waals surface area contributed by atoms with Gasteiger partial charge < -0.3 is 9.26 Å². The second-order valence-corrected chi connectivity index (χ2v) is 8.77. The normalized spacial score (nSPS) is 15.3. The van der Waals surface area contributed by atoms with Crippen LogP contribution in [0.2, 0.25) is 0 Å². The van der Waals surface area contributed by atoms with Crippen molar-refractivity contribution in [1.29, 1.82) is 0 Å². The highest BCUT2D eigenvalue weighted by Crippen LogP contribution is 2.46. The molecule has 0 radical (unpaired) electrons. The summed E-state index contributed by atoms with van der Waals surface area (Å²) in [6, 6.07) is 2.23. The maximum atomic E-state index is 13.5. The standard InChI is InChI=1S/C17H13F6NO5S/c1-30(26,27)10-5-4-9(11(7-10)16(18,19)20)6-12-14(28-15(25)17(21,22)23)13(29-24-12)8-2-3-8/h4-5,7-8H,2-3,6H2,1H3. The van der Waals surface area contributed by atoms with Gasteiger partial charge in [-0.1, -0.05) is 11.2 Å². The molecule has 1 heterocycles. The van der Waals surface area contributed by atoms with E-state index in [9.17, 15) is 39.6 Å². The van der Waals surface area contributed by atoms with Crippen molar-refractivity contribution in [3.05, 3.63) is 40.8 Å². The molecule has 0 spiro atoms. The van der Waals surface area contributed by atoms with Crippen molar-refractivity contribution in [3.63, 3.8) is 0 Å². The van der Waals surface area contributed by atoms with E-state index in [1.54, 1.807) is 0 Å². The Morgan fingerprint density at radius 1 is 1.20 bits per heavy atom. The summed E-state index contributed by atoms with van der Waals surface area (Å²) in [5.74, 6) is -3.72. The SMILES string of the molecule is CS(=O)(=O)c1ccc(Cc2noc(C3CC3)c2OC(=O)C(F)(F)F)c(C(F)(F)F)c1. The zero-order valence-electron chi connectivity index (χ0n) is 15.1. The molecule has 6 nitrogen and oxygen atoms in total. The van der Waals surface area contributed by atoms with E-state index in [4.69, 9.17) is 4.52 Å². The topological polar surface area (TPSA) is 86.5 Å². The number of halogens is 6. The summed E-state index contributed by atoms with van der Waals surface area (Å²) in [6.45, 7) is 0. The number of esters is 1. The highest BCUT2D eigenvalue weighted by atomic mass is 32.2. The first-order chi connectivity index (χ1) is 13.7. The van der Waals surface area contributed by atoms with Crippen molar-refractivity contribution >= 4 is 15.8 Å². The first kappa shape index (κ1) is 22.1. The number of hydrogen-bond acceptors (Lipinski definition) is 6. The number of alkyl halides is 6. The quantitative estimate of drug-likeness (QED) is 0.498. The van der Waals surface area contributed by atoms with Gasteiger partial charge in [0, 0.05) is 18.6 Å². The number of benzene rings is 1. The van der Waals surface area contributed by atoms with Gasteiger partial charge in [-0.15, -0.1) is 0 Å². The summed E-state index contributed by atoms with van der Waals surface area (Å²) in [5, 5.41) is 3.50. The van der Waals surface area contributed by atoms with E-state index in [1.165, 1.54) is 0 Å². The van der Waals surface area contributed by atoms with Crippen LogP contribution in [-0.4, -0.2) is 32.0 Å². The molecule has 0 bridgehead atoms. The molecule has 1 aromatic heterocycles. The summed E-state index contributed by atoms with van der Waals surface area (Å²) < 4.78 is 111. The zero-order chi connectivity index (χ0) is 22.5. The Morgan fingerprint density at radius 2 is 1.83 bits per heavy atom. The highest BCUT2D eigenvalue weighted by molar-refractivity contribution is 7.90. The van der Waals surface area contributed by atoms with E-state index >= 15 is 0 Å². The fourth-order valence-corrected chi connectivity index (χ4v) is 3.34. The molecule has 1 aliphatic carbocycles. The summed E-state index contributed by atoms with van der Waals surface area (Å²) >= 11 is 0. The van der Waals surface area contributed by atoms with E-state index < -0.39 is 62.0 Å². The van der Waals surface area contributed by atoms with Gasteiger partial charge in [-0.25, -0.2) is 13.2 Å². The Bertz CT molecular complexity index is 1080. The molecule has 0 atom stereocenters. The van der Waals surface area contributed by atoms with Crippen molar-refractivity contribution < 1.29 is 48.8 Å². The third kappa shape index (κ3) is 4.77. The molecule has 0 amide bonds. The number of carbonyl (C=O) groups excluding carboxylic acids is 1. The summed E-state index contributed by atoms with van der Waals surface area (Å²) in [7, 11) is -3.94. The molecule has 1 fully saturated rings. The minimum Gasteiger partial charge on any atom is -0.414 e. The van der Waals surface area contributed by atoms with Crippen LogP contribution in [0.15, 0.2) is 27.6 Å². The van der Waals surface area contributed by atoms with Gasteiger partial charge >= 0.3 is 18.3 Å². The van der Waals surface area contributed by atoms with Crippen molar-refractivity contribution in [2.24, 2.45) is 0 Å². The first-order valence-electron chi connectivity index (χ1n) is 8.35. The van der Waals surface area contributed by atoms with Crippen molar-refractivity contribution in [2.75, 3.05) is 6.26 Å². The first-order valence-corrected chi connectivity index (χ1v) is 10.2. The Balaban J connectivity index is 2.03. The van der Waals surface area contributed by atoms with Crippen LogP contribution < -0.4 is 4.74 Å². The van der Waals surface area contributed by atoms with Gasteiger partial charge in [-0.3, -0.25) is 0 Å². The van der Waals surface area contributed by atoms with E-state index in [0.29, 0.717) is 18.9 Å². The van der Waals surface area contributed by atoms with Gasteiger partial charge in [0.25, 0.3) is 0 Å². The lowest BCUT2D eigenvalue weighted by molar-refractivity contribution is -0.189. The van der Waals surface area contributed by atoms with Crippen molar-refractivity contribution in [3.8, 4) is 5.75 Å². The molecule has 3 rings (SSSR count). The van der Waals surface area contributed by atoms with E-state index in [-0.39, 0.29) is 11.7 Å². The average molecular weight is 457 g/mol. The van der Waals surface area contributed by atoms with Crippen LogP contribution in [-0.2, 0) is 27.2 Å². The van der Waals surface area contributed by atoms with Crippen LogP contribution in [0.4, 0.5) is 26.3 Å². The number of aromatic nitrogens is 1. The van der Waals surface area contributed by atoms with Gasteiger partial charge in [0.05, 0.1) is 10.5 Å². The van der Waals surface area contributed by atoms with Crippen LogP contribution in [0.1, 0.15) is 41.3 Å². The molecule has 164 valence electrons. The number of nitrogens with zero attached hydrogens (tertiary/aromatic N) is 1. The lowest BCUT2D eigenvalue weighted by atomic mass is 10.0. The molecule has 2 aromatic rings. The Morgan fingerprint density at radius 3 is 2.33 bits per heavy atom. The van der Waals surface area contributed by atoms with E-state index in [0.717, 1.165) is 18.4 Å². The second-order valence-electron chi connectivity index (χ2n) is 6.75. The van der Waals surface area contributed by atoms with Crippen LogP contribution in [0.25, 0.3) is 0 Å². The molecule has 13 heteroatoms. The number of sulfone groups is 1. The fourth-order valence-electron chi connectivity index (χ4n) is 2.69. The third-order valence-corrected chi connectivity index (χ3v) is 5.40. The highest BCUT2D eigenvalue weighted by Gasteiger charge is 2.44. The third-order valence-electron chi connectivity index (χ3n) is 4.29. The molecule has 0 saturated heterocycles. The number of ether oxygens (including phenoxy) is 1. The van der Waals surface area contributed by atoms with Crippen LogP contribution in [0.3, 0.4) is 0 Å². The number of hydrogen-bond donors (Lipinski definition) is 0. The largest absolute Gasteiger partial charge is 0.491 e. The van der Waals surface area contributed by atoms with E-state index in [2.05, 4.69) is 9.89 Å². The Labute approximate surface area is 165 Å². The molecular weight excluding hydrogens is 444 g/mol. The van der Waals surface area contributed by atoms with E-state index in [1.807, 2.05) is 0 Å². The van der Waals surface area contributed by atoms with Gasteiger partial charge in [0.1, 0.15) is 5.69 Å². The second kappa shape index (κ2) is 7.29. The van der Waals surface area contributed by atoms with Gasteiger partial charge in [-0.2, -0.15) is 26.3 Å². The summed E-state index contributed by atoms with van der Waals surface area (Å²) in [4.78, 5) is 10.7. The smallest absolute Gasteiger partial charge is 0.414 e. The minimum atomic E-state index is -5.33. The Kier molecular flexibility index (Phi) is 5.37. The van der Waals surface area contributed by atoms with Crippen molar-refractivity contribution in [1.82, 2.24) is 5.16 Å². The summed E-state index contributed by atoms with van der Waals surface area (Å²) in [6.07, 6.45) is -9.19. The number of rotatable bonds is 5. The predicted molar refractivity (Wildman–Crippen MR) is 87.5 cm³/mol. The summed E-state index contributed by atoms with van der Waals surface area (Å²) in [5.41, 5.74) is -2.23. The van der Waals surface area contributed by atoms with Gasteiger partial charge in [0.15, 0.2) is 21.3 Å². The van der Waals surface area contributed by atoms with Crippen LogP contribution in [0.5, 0.6) is 5.75 Å². The molecule has 1 saturated carbocycles. The van der Waals surface area contributed by atoms with Gasteiger partial charge in [0.2, 0.25) is 0 Å².